The van der Waals surface area contributed by atoms with Crippen molar-refractivity contribution >= 4 is 27.5 Å². The van der Waals surface area contributed by atoms with Crippen LogP contribution in [0.4, 0.5) is 0 Å². The second-order valence-corrected chi connectivity index (χ2v) is 6.26. The molecule has 104 valence electrons. The van der Waals surface area contributed by atoms with E-state index in [4.69, 9.17) is 21.5 Å². The summed E-state index contributed by atoms with van der Waals surface area (Å²) in [6.45, 7) is 0.621. The minimum absolute atomic E-state index is 0.0975. The van der Waals surface area contributed by atoms with Gasteiger partial charge in [0, 0.05) is 20.0 Å². The fourth-order valence-electron chi connectivity index (χ4n) is 1.81. The smallest absolute Gasteiger partial charge is 0.263 e. The number of rotatable bonds is 3. The zero-order chi connectivity index (χ0) is 14.2. The SMILES string of the molecule is CN1CCC(Oc2ccc(S(N)(=O)=O)cc2Cl)C1=O. The van der Waals surface area contributed by atoms with Gasteiger partial charge in [-0.25, -0.2) is 13.6 Å². The minimum atomic E-state index is -3.80. The number of carbonyl (C=O) groups excluding carboxylic acids is 1. The lowest BCUT2D eigenvalue weighted by Crippen LogP contribution is -2.29. The Morgan fingerprint density at radius 1 is 1.47 bits per heavy atom. The van der Waals surface area contributed by atoms with Crippen molar-refractivity contribution in [3.63, 3.8) is 0 Å². The molecule has 1 fully saturated rings. The lowest BCUT2D eigenvalue weighted by Gasteiger charge is -2.14. The van der Waals surface area contributed by atoms with Gasteiger partial charge in [0.25, 0.3) is 5.91 Å². The first kappa shape index (κ1) is 14.1. The summed E-state index contributed by atoms with van der Waals surface area (Å²) in [4.78, 5) is 13.2. The normalized spacial score (nSPS) is 19.8. The Kier molecular flexibility index (Phi) is 3.71. The van der Waals surface area contributed by atoms with Crippen molar-refractivity contribution in [3.8, 4) is 5.75 Å². The van der Waals surface area contributed by atoms with Gasteiger partial charge in [-0.15, -0.1) is 0 Å². The minimum Gasteiger partial charge on any atom is -0.479 e. The molecule has 1 heterocycles. The Labute approximate surface area is 116 Å². The fraction of sp³-hybridized carbons (Fsp3) is 0.364. The molecule has 1 aromatic rings. The molecule has 1 amide bonds. The highest BCUT2D eigenvalue weighted by Crippen LogP contribution is 2.29. The average molecular weight is 305 g/mol. The molecule has 0 radical (unpaired) electrons. The molecule has 0 spiro atoms. The second-order valence-electron chi connectivity index (χ2n) is 4.29. The van der Waals surface area contributed by atoms with Gasteiger partial charge in [0.05, 0.1) is 9.92 Å². The molecule has 1 aromatic carbocycles. The lowest BCUT2D eigenvalue weighted by atomic mass is 10.3. The van der Waals surface area contributed by atoms with E-state index < -0.39 is 16.1 Å². The lowest BCUT2D eigenvalue weighted by molar-refractivity contribution is -0.132. The van der Waals surface area contributed by atoms with E-state index in [0.717, 1.165) is 0 Å². The highest BCUT2D eigenvalue weighted by Gasteiger charge is 2.31. The molecule has 2 N–H and O–H groups in total. The number of nitrogens with zero attached hydrogens (tertiary/aromatic N) is 1. The standard InChI is InChI=1S/C11H13ClN2O4S/c1-14-5-4-10(11(14)15)18-9-3-2-7(6-8(9)12)19(13,16)17/h2-3,6,10H,4-5H2,1H3,(H2,13,16,17). The van der Waals surface area contributed by atoms with Crippen LogP contribution in [0.15, 0.2) is 23.1 Å². The molecule has 2 rings (SSSR count). The zero-order valence-electron chi connectivity index (χ0n) is 10.2. The van der Waals surface area contributed by atoms with Crippen molar-refractivity contribution < 1.29 is 17.9 Å². The van der Waals surface area contributed by atoms with Crippen LogP contribution in [0.5, 0.6) is 5.75 Å². The number of hydrogen-bond donors (Lipinski definition) is 1. The van der Waals surface area contributed by atoms with Crippen molar-refractivity contribution in [3.05, 3.63) is 23.2 Å². The Balaban J connectivity index is 2.21. The number of halogens is 1. The summed E-state index contributed by atoms with van der Waals surface area (Å²) in [7, 11) is -2.11. The summed E-state index contributed by atoms with van der Waals surface area (Å²) < 4.78 is 27.8. The van der Waals surface area contributed by atoms with Crippen LogP contribution in [0.1, 0.15) is 6.42 Å². The predicted octanol–water partition coefficient (Wildman–Crippen LogP) is 0.597. The molecule has 19 heavy (non-hydrogen) atoms. The number of sulfonamides is 1. The third-order valence-corrected chi connectivity index (χ3v) is 4.09. The van der Waals surface area contributed by atoms with E-state index >= 15 is 0 Å². The van der Waals surface area contributed by atoms with Crippen LogP contribution in [-0.4, -0.2) is 38.9 Å². The largest absolute Gasteiger partial charge is 0.479 e. The second kappa shape index (κ2) is 4.99. The van der Waals surface area contributed by atoms with Crippen LogP contribution in [-0.2, 0) is 14.8 Å². The summed E-state index contributed by atoms with van der Waals surface area (Å²) in [6, 6.07) is 3.89. The molecule has 1 saturated heterocycles. The van der Waals surface area contributed by atoms with E-state index in [1.54, 1.807) is 11.9 Å². The molecule has 1 unspecified atom stereocenters. The molecule has 1 aliphatic heterocycles. The molecule has 0 aliphatic carbocycles. The van der Waals surface area contributed by atoms with Gasteiger partial charge < -0.3 is 9.64 Å². The maximum absolute atomic E-state index is 11.7. The number of amides is 1. The molecule has 8 heteroatoms. The maximum Gasteiger partial charge on any atom is 0.263 e. The van der Waals surface area contributed by atoms with Gasteiger partial charge in [0.1, 0.15) is 5.75 Å². The summed E-state index contributed by atoms with van der Waals surface area (Å²) in [6.07, 6.45) is -0.00868. The highest BCUT2D eigenvalue weighted by atomic mass is 35.5. The molecule has 0 saturated carbocycles. The summed E-state index contributed by atoms with van der Waals surface area (Å²) in [5.74, 6) is 0.148. The Morgan fingerprint density at radius 2 is 2.16 bits per heavy atom. The first-order chi connectivity index (χ1) is 8.79. The van der Waals surface area contributed by atoms with Gasteiger partial charge in [0.2, 0.25) is 10.0 Å². The number of ether oxygens (including phenoxy) is 1. The van der Waals surface area contributed by atoms with Gasteiger partial charge in [0.15, 0.2) is 6.10 Å². The van der Waals surface area contributed by atoms with E-state index in [-0.39, 0.29) is 21.6 Å². The summed E-state index contributed by atoms with van der Waals surface area (Å²) in [5.41, 5.74) is 0. The van der Waals surface area contributed by atoms with E-state index in [0.29, 0.717) is 13.0 Å². The monoisotopic (exact) mass is 304 g/mol. The van der Waals surface area contributed by atoms with Crippen molar-refractivity contribution in [2.45, 2.75) is 17.4 Å². The first-order valence-electron chi connectivity index (χ1n) is 5.53. The fourth-order valence-corrected chi connectivity index (χ4v) is 2.64. The van der Waals surface area contributed by atoms with Gasteiger partial charge in [-0.1, -0.05) is 11.6 Å². The van der Waals surface area contributed by atoms with E-state index in [1.165, 1.54) is 18.2 Å². The number of nitrogens with two attached hydrogens (primary N) is 1. The molecule has 1 aliphatic rings. The first-order valence-corrected chi connectivity index (χ1v) is 7.45. The topological polar surface area (TPSA) is 89.7 Å². The van der Waals surface area contributed by atoms with Crippen LogP contribution < -0.4 is 9.88 Å². The Bertz CT molecular complexity index is 617. The number of likely N-dealkylation sites (tertiary alicyclic amines) is 1. The van der Waals surface area contributed by atoms with Crippen LogP contribution in [0.2, 0.25) is 5.02 Å². The maximum atomic E-state index is 11.7. The van der Waals surface area contributed by atoms with Gasteiger partial charge in [-0.2, -0.15) is 0 Å². The van der Waals surface area contributed by atoms with Crippen LogP contribution >= 0.6 is 11.6 Å². The zero-order valence-corrected chi connectivity index (χ0v) is 11.7. The summed E-state index contributed by atoms with van der Waals surface area (Å²) >= 11 is 5.93. The highest BCUT2D eigenvalue weighted by molar-refractivity contribution is 7.89. The number of hydrogen-bond acceptors (Lipinski definition) is 4. The predicted molar refractivity (Wildman–Crippen MR) is 69.5 cm³/mol. The summed E-state index contributed by atoms with van der Waals surface area (Å²) in [5, 5.41) is 5.10. The van der Waals surface area contributed by atoms with E-state index in [1.807, 2.05) is 0 Å². The Morgan fingerprint density at radius 3 is 2.63 bits per heavy atom. The number of primary sulfonamides is 1. The van der Waals surface area contributed by atoms with Gasteiger partial charge in [-0.3, -0.25) is 4.79 Å². The average Bonchev–Trinajstić information content (AvgIpc) is 2.62. The quantitative estimate of drug-likeness (QED) is 0.885. The van der Waals surface area contributed by atoms with E-state index in [9.17, 15) is 13.2 Å². The number of benzene rings is 1. The Hall–Kier alpha value is -1.31. The molecular formula is C11H13ClN2O4S. The van der Waals surface area contributed by atoms with Crippen LogP contribution in [0.3, 0.4) is 0 Å². The molecule has 0 bridgehead atoms. The third-order valence-electron chi connectivity index (χ3n) is 2.88. The van der Waals surface area contributed by atoms with Crippen molar-refractivity contribution in [1.29, 1.82) is 0 Å². The number of likely N-dealkylation sites (N-methyl/N-ethyl adjacent to an activating group) is 1. The molecule has 1 atom stereocenters. The third kappa shape index (κ3) is 2.99. The van der Waals surface area contributed by atoms with E-state index in [2.05, 4.69) is 0 Å². The van der Waals surface area contributed by atoms with Gasteiger partial charge >= 0.3 is 0 Å². The molecule has 0 aromatic heterocycles. The van der Waals surface area contributed by atoms with Crippen molar-refractivity contribution in [2.24, 2.45) is 5.14 Å². The van der Waals surface area contributed by atoms with Crippen molar-refractivity contribution in [2.75, 3.05) is 13.6 Å². The number of carbonyl (C=O) groups is 1. The van der Waals surface area contributed by atoms with Crippen LogP contribution in [0, 0.1) is 0 Å². The molecule has 6 nitrogen and oxygen atoms in total. The molecular weight excluding hydrogens is 292 g/mol. The van der Waals surface area contributed by atoms with Crippen molar-refractivity contribution in [1.82, 2.24) is 4.90 Å². The van der Waals surface area contributed by atoms with Gasteiger partial charge in [-0.05, 0) is 18.2 Å². The van der Waals surface area contributed by atoms with Crippen LogP contribution in [0.25, 0.3) is 0 Å².